The van der Waals surface area contributed by atoms with Crippen LogP contribution in [0.5, 0.6) is 0 Å². The summed E-state index contributed by atoms with van der Waals surface area (Å²) >= 11 is 1.27. The molecule has 0 saturated carbocycles. The van der Waals surface area contributed by atoms with Gasteiger partial charge in [-0.2, -0.15) is 0 Å². The molecule has 0 aliphatic heterocycles. The van der Waals surface area contributed by atoms with Crippen LogP contribution >= 0.6 is 11.8 Å². The fourth-order valence-electron chi connectivity index (χ4n) is 1.86. The number of amides is 1. The topological polar surface area (TPSA) is 81.7 Å². The van der Waals surface area contributed by atoms with E-state index in [1.54, 1.807) is 7.11 Å². The van der Waals surface area contributed by atoms with Gasteiger partial charge in [0.2, 0.25) is 5.91 Å². The minimum absolute atomic E-state index is 0.0675. The Morgan fingerprint density at radius 3 is 2.76 bits per heavy atom. The number of thioether (sulfide) groups is 1. The molecule has 8 heteroatoms. The smallest absolute Gasteiger partial charge is 0.277 e. The normalized spacial score (nSPS) is 14.2. The molecule has 1 heterocycles. The number of hydrogen-bond acceptors (Lipinski definition) is 6. The van der Waals surface area contributed by atoms with Gasteiger partial charge in [0, 0.05) is 20.1 Å². The molecule has 1 rings (SSSR count). The molecule has 0 aliphatic rings. The van der Waals surface area contributed by atoms with E-state index in [2.05, 4.69) is 36.5 Å². The number of aromatic nitrogens is 2. The SMILES string of the molecule is CC[C@H](c1nnc(S[C@H](C)C(=O)NCCOC)o1)[NH+](C)C. The van der Waals surface area contributed by atoms with Crippen LogP contribution in [-0.2, 0) is 9.53 Å². The molecule has 0 bridgehead atoms. The molecule has 0 radical (unpaired) electrons. The maximum Gasteiger partial charge on any atom is 0.277 e. The maximum absolute atomic E-state index is 11.8. The predicted octanol–water partition coefficient (Wildman–Crippen LogP) is -0.0916. The van der Waals surface area contributed by atoms with Crippen molar-refractivity contribution in [3.05, 3.63) is 5.89 Å². The molecule has 2 N–H and O–H groups in total. The number of quaternary nitrogens is 1. The van der Waals surface area contributed by atoms with Crippen molar-refractivity contribution < 1.29 is 18.8 Å². The molecule has 1 aromatic rings. The van der Waals surface area contributed by atoms with Gasteiger partial charge >= 0.3 is 0 Å². The van der Waals surface area contributed by atoms with E-state index in [9.17, 15) is 4.79 Å². The third kappa shape index (κ3) is 5.64. The molecule has 0 aromatic carbocycles. The summed E-state index contributed by atoms with van der Waals surface area (Å²) in [5.41, 5.74) is 0. The van der Waals surface area contributed by atoms with E-state index in [0.29, 0.717) is 24.3 Å². The molecular weight excluding hydrogens is 292 g/mol. The summed E-state index contributed by atoms with van der Waals surface area (Å²) in [6.07, 6.45) is 0.918. The summed E-state index contributed by atoms with van der Waals surface area (Å²) in [7, 11) is 5.70. The van der Waals surface area contributed by atoms with Crippen molar-refractivity contribution in [3.8, 4) is 0 Å². The molecule has 0 spiro atoms. The molecule has 0 aliphatic carbocycles. The lowest BCUT2D eigenvalue weighted by Gasteiger charge is -2.15. The van der Waals surface area contributed by atoms with Crippen LogP contribution in [0.3, 0.4) is 0 Å². The summed E-state index contributed by atoms with van der Waals surface area (Å²) in [6.45, 7) is 4.89. The van der Waals surface area contributed by atoms with Gasteiger partial charge in [0.1, 0.15) is 0 Å². The van der Waals surface area contributed by atoms with Crippen LogP contribution in [0.2, 0.25) is 0 Å². The van der Waals surface area contributed by atoms with E-state index in [1.807, 2.05) is 6.92 Å². The van der Waals surface area contributed by atoms with Crippen LogP contribution in [0, 0.1) is 0 Å². The summed E-state index contributed by atoms with van der Waals surface area (Å²) < 4.78 is 10.5. The fraction of sp³-hybridized carbons (Fsp3) is 0.769. The number of ether oxygens (including phenoxy) is 1. The van der Waals surface area contributed by atoms with Crippen molar-refractivity contribution in [1.82, 2.24) is 15.5 Å². The third-order valence-electron chi connectivity index (χ3n) is 3.08. The molecule has 7 nitrogen and oxygen atoms in total. The number of methoxy groups -OCH3 is 1. The van der Waals surface area contributed by atoms with Gasteiger partial charge in [-0.25, -0.2) is 0 Å². The molecular formula is C13H25N4O3S+. The monoisotopic (exact) mass is 317 g/mol. The summed E-state index contributed by atoms with van der Waals surface area (Å²) in [5.74, 6) is 0.550. The van der Waals surface area contributed by atoms with Crippen molar-refractivity contribution >= 4 is 17.7 Å². The lowest BCUT2D eigenvalue weighted by atomic mass is 10.2. The minimum atomic E-state index is -0.290. The number of rotatable bonds is 9. The first-order valence-electron chi connectivity index (χ1n) is 7.06. The van der Waals surface area contributed by atoms with Gasteiger partial charge in [-0.1, -0.05) is 18.7 Å². The van der Waals surface area contributed by atoms with E-state index in [4.69, 9.17) is 9.15 Å². The second-order valence-corrected chi connectivity index (χ2v) is 6.28. The highest BCUT2D eigenvalue weighted by Crippen LogP contribution is 2.23. The van der Waals surface area contributed by atoms with Crippen LogP contribution in [0.4, 0.5) is 0 Å². The standard InChI is InChI=1S/C13H24N4O3S/c1-6-10(17(3)4)12-15-16-13(20-12)21-9(2)11(18)14-7-8-19-5/h9-10H,6-8H2,1-5H3,(H,14,18)/p+1/t9-,10-/m1/s1. The van der Waals surface area contributed by atoms with Crippen LogP contribution in [-0.4, -0.2) is 55.7 Å². The minimum Gasteiger partial charge on any atom is -0.410 e. The van der Waals surface area contributed by atoms with Crippen LogP contribution < -0.4 is 10.2 Å². The van der Waals surface area contributed by atoms with Crippen molar-refractivity contribution in [2.45, 2.75) is 36.8 Å². The lowest BCUT2D eigenvalue weighted by molar-refractivity contribution is -0.894. The molecule has 0 unspecified atom stereocenters. The van der Waals surface area contributed by atoms with Gasteiger partial charge in [-0.15, -0.1) is 10.2 Å². The van der Waals surface area contributed by atoms with E-state index in [1.165, 1.54) is 16.7 Å². The number of nitrogens with one attached hydrogen (secondary N) is 2. The number of carbonyl (C=O) groups excluding carboxylic acids is 1. The third-order valence-corrected chi connectivity index (χ3v) is 4.01. The van der Waals surface area contributed by atoms with Crippen LogP contribution in [0.1, 0.15) is 32.2 Å². The van der Waals surface area contributed by atoms with E-state index < -0.39 is 0 Å². The highest BCUT2D eigenvalue weighted by atomic mass is 32.2. The predicted molar refractivity (Wildman–Crippen MR) is 80.3 cm³/mol. The first-order valence-corrected chi connectivity index (χ1v) is 7.94. The van der Waals surface area contributed by atoms with Crippen molar-refractivity contribution in [1.29, 1.82) is 0 Å². The number of nitrogens with zero attached hydrogens (tertiary/aromatic N) is 2. The molecule has 0 saturated heterocycles. The zero-order chi connectivity index (χ0) is 15.8. The van der Waals surface area contributed by atoms with E-state index in [-0.39, 0.29) is 17.2 Å². The largest absolute Gasteiger partial charge is 0.410 e. The average molecular weight is 317 g/mol. The Morgan fingerprint density at radius 1 is 1.48 bits per heavy atom. The average Bonchev–Trinajstić information content (AvgIpc) is 2.87. The molecule has 2 atom stereocenters. The number of carbonyl (C=O) groups is 1. The molecule has 120 valence electrons. The Hall–Kier alpha value is -1.12. The second-order valence-electron chi connectivity index (χ2n) is 4.99. The van der Waals surface area contributed by atoms with Gasteiger partial charge in [0.15, 0.2) is 6.04 Å². The first kappa shape index (κ1) is 17.9. The summed E-state index contributed by atoms with van der Waals surface area (Å²) in [5, 5.41) is 11.0. The zero-order valence-corrected chi connectivity index (χ0v) is 14.1. The molecule has 0 fully saturated rings. The summed E-state index contributed by atoms with van der Waals surface area (Å²) in [6, 6.07) is 0.178. The highest BCUT2D eigenvalue weighted by Gasteiger charge is 2.24. The van der Waals surface area contributed by atoms with Crippen molar-refractivity contribution in [2.75, 3.05) is 34.4 Å². The van der Waals surface area contributed by atoms with E-state index in [0.717, 1.165) is 6.42 Å². The van der Waals surface area contributed by atoms with Crippen LogP contribution in [0.25, 0.3) is 0 Å². The fourth-order valence-corrected chi connectivity index (χ4v) is 2.58. The lowest BCUT2D eigenvalue weighted by Crippen LogP contribution is -3.06. The Labute approximate surface area is 129 Å². The van der Waals surface area contributed by atoms with Crippen LogP contribution in [0.15, 0.2) is 9.64 Å². The number of hydrogen-bond donors (Lipinski definition) is 2. The Morgan fingerprint density at radius 2 is 2.19 bits per heavy atom. The van der Waals surface area contributed by atoms with Gasteiger partial charge in [0.25, 0.3) is 11.1 Å². The Bertz CT molecular complexity index is 439. The van der Waals surface area contributed by atoms with Gasteiger partial charge in [-0.3, -0.25) is 4.79 Å². The maximum atomic E-state index is 11.8. The molecule has 21 heavy (non-hydrogen) atoms. The van der Waals surface area contributed by atoms with Gasteiger partial charge in [0.05, 0.1) is 26.0 Å². The summed E-state index contributed by atoms with van der Waals surface area (Å²) in [4.78, 5) is 13.1. The highest BCUT2D eigenvalue weighted by molar-refractivity contribution is 8.00. The van der Waals surface area contributed by atoms with Gasteiger partial charge in [-0.05, 0) is 6.92 Å². The Kier molecular flexibility index (Phi) is 7.69. The Balaban J connectivity index is 2.55. The van der Waals surface area contributed by atoms with Crippen molar-refractivity contribution in [3.63, 3.8) is 0 Å². The van der Waals surface area contributed by atoms with Crippen molar-refractivity contribution in [2.24, 2.45) is 0 Å². The van der Waals surface area contributed by atoms with E-state index >= 15 is 0 Å². The molecule has 1 aromatic heterocycles. The quantitative estimate of drug-likeness (QED) is 0.489. The first-order chi connectivity index (χ1) is 9.99. The zero-order valence-electron chi connectivity index (χ0n) is 13.3. The molecule has 1 amide bonds. The second kappa shape index (κ2) is 9.01. The van der Waals surface area contributed by atoms with Gasteiger partial charge < -0.3 is 19.4 Å².